The van der Waals surface area contributed by atoms with E-state index in [9.17, 15) is 4.79 Å². The molecule has 0 unspecified atom stereocenters. The molecule has 0 atom stereocenters. The van der Waals surface area contributed by atoms with Gasteiger partial charge in [-0.1, -0.05) is 0 Å². The standard InChI is InChI=1S/C13H14N2O2S/c1-15(10-5-3-9(14)4-6-10)13(16)12-11(17-2)7-8-18-12/h3-8H,14H2,1-2H3. The lowest BCUT2D eigenvalue weighted by molar-refractivity contribution is 0.0994. The summed E-state index contributed by atoms with van der Waals surface area (Å²) in [5.74, 6) is 0.513. The summed E-state index contributed by atoms with van der Waals surface area (Å²) in [4.78, 5) is 14.5. The van der Waals surface area contributed by atoms with Gasteiger partial charge in [0.05, 0.1) is 7.11 Å². The zero-order chi connectivity index (χ0) is 13.1. The highest BCUT2D eigenvalue weighted by Gasteiger charge is 2.19. The largest absolute Gasteiger partial charge is 0.495 e. The maximum Gasteiger partial charge on any atom is 0.271 e. The number of hydrogen-bond donors (Lipinski definition) is 1. The number of hydrogen-bond acceptors (Lipinski definition) is 4. The lowest BCUT2D eigenvalue weighted by atomic mass is 10.2. The van der Waals surface area contributed by atoms with Crippen LogP contribution in [0.25, 0.3) is 0 Å². The molecule has 0 spiro atoms. The van der Waals surface area contributed by atoms with E-state index < -0.39 is 0 Å². The second-order valence-electron chi connectivity index (χ2n) is 3.77. The third-order valence-electron chi connectivity index (χ3n) is 2.63. The molecule has 5 heteroatoms. The van der Waals surface area contributed by atoms with Crippen LogP contribution in [0, 0.1) is 0 Å². The number of nitrogens with two attached hydrogens (primary N) is 1. The minimum atomic E-state index is -0.0911. The molecule has 2 aromatic rings. The summed E-state index contributed by atoms with van der Waals surface area (Å²) in [7, 11) is 3.29. The van der Waals surface area contributed by atoms with E-state index in [1.54, 1.807) is 37.3 Å². The number of anilines is 2. The van der Waals surface area contributed by atoms with Gasteiger partial charge in [0.1, 0.15) is 10.6 Å². The van der Waals surface area contributed by atoms with Crippen LogP contribution in [0.2, 0.25) is 0 Å². The van der Waals surface area contributed by atoms with Crippen LogP contribution in [0.15, 0.2) is 35.7 Å². The average molecular weight is 262 g/mol. The zero-order valence-corrected chi connectivity index (χ0v) is 11.0. The van der Waals surface area contributed by atoms with Gasteiger partial charge >= 0.3 is 0 Å². The Bertz CT molecular complexity index is 548. The van der Waals surface area contributed by atoms with Gasteiger partial charge in [-0.25, -0.2) is 0 Å². The fraction of sp³-hybridized carbons (Fsp3) is 0.154. The molecule has 4 nitrogen and oxygen atoms in total. The molecule has 0 saturated carbocycles. The lowest BCUT2D eigenvalue weighted by Gasteiger charge is -2.17. The number of amides is 1. The molecule has 18 heavy (non-hydrogen) atoms. The first-order valence-corrected chi connectivity index (χ1v) is 6.26. The summed E-state index contributed by atoms with van der Waals surface area (Å²) in [5.41, 5.74) is 7.09. The number of carbonyl (C=O) groups excluding carboxylic acids is 1. The van der Waals surface area contributed by atoms with E-state index in [2.05, 4.69) is 0 Å². The maximum absolute atomic E-state index is 12.3. The van der Waals surface area contributed by atoms with Crippen LogP contribution >= 0.6 is 11.3 Å². The normalized spacial score (nSPS) is 10.1. The number of thiophene rings is 1. The molecular formula is C13H14N2O2S. The molecule has 1 heterocycles. The van der Waals surface area contributed by atoms with E-state index in [-0.39, 0.29) is 5.91 Å². The summed E-state index contributed by atoms with van der Waals surface area (Å²) >= 11 is 1.37. The Morgan fingerprint density at radius 1 is 1.28 bits per heavy atom. The number of nitrogen functional groups attached to an aromatic ring is 1. The van der Waals surface area contributed by atoms with Gasteiger partial charge < -0.3 is 15.4 Å². The molecule has 1 amide bonds. The van der Waals surface area contributed by atoms with E-state index in [0.29, 0.717) is 16.3 Å². The molecule has 0 aliphatic carbocycles. The van der Waals surface area contributed by atoms with Gasteiger partial charge in [-0.15, -0.1) is 11.3 Å². The molecule has 1 aromatic heterocycles. The van der Waals surface area contributed by atoms with Crippen LogP contribution in [-0.2, 0) is 0 Å². The van der Waals surface area contributed by atoms with Crippen molar-refractivity contribution >= 4 is 28.6 Å². The van der Waals surface area contributed by atoms with Gasteiger partial charge in [-0.3, -0.25) is 4.79 Å². The van der Waals surface area contributed by atoms with Gasteiger partial charge in [-0.2, -0.15) is 0 Å². The van der Waals surface area contributed by atoms with Crippen molar-refractivity contribution < 1.29 is 9.53 Å². The summed E-state index contributed by atoms with van der Waals surface area (Å²) in [6, 6.07) is 8.95. The van der Waals surface area contributed by atoms with Crippen LogP contribution in [0.4, 0.5) is 11.4 Å². The molecule has 0 aliphatic heterocycles. The van der Waals surface area contributed by atoms with E-state index in [1.165, 1.54) is 11.3 Å². The third-order valence-corrected chi connectivity index (χ3v) is 3.51. The first kappa shape index (κ1) is 12.4. The van der Waals surface area contributed by atoms with Crippen molar-refractivity contribution in [2.75, 3.05) is 24.8 Å². The Kier molecular flexibility index (Phi) is 3.53. The molecule has 0 bridgehead atoms. The second kappa shape index (κ2) is 5.10. The topological polar surface area (TPSA) is 55.6 Å². The van der Waals surface area contributed by atoms with Gasteiger partial charge in [0, 0.05) is 18.4 Å². The molecule has 1 aromatic carbocycles. The van der Waals surface area contributed by atoms with Crippen molar-refractivity contribution in [3.05, 3.63) is 40.6 Å². The second-order valence-corrected chi connectivity index (χ2v) is 4.69. The molecule has 0 aliphatic rings. The Morgan fingerprint density at radius 2 is 1.94 bits per heavy atom. The fourth-order valence-corrected chi connectivity index (χ4v) is 2.41. The van der Waals surface area contributed by atoms with Crippen LogP contribution in [0.5, 0.6) is 5.75 Å². The highest BCUT2D eigenvalue weighted by atomic mass is 32.1. The predicted molar refractivity (Wildman–Crippen MR) is 74.5 cm³/mol. The predicted octanol–water partition coefficient (Wildman–Crippen LogP) is 2.62. The summed E-state index contributed by atoms with van der Waals surface area (Å²) in [6.45, 7) is 0. The monoisotopic (exact) mass is 262 g/mol. The van der Waals surface area contributed by atoms with E-state index in [4.69, 9.17) is 10.5 Å². The lowest BCUT2D eigenvalue weighted by Crippen LogP contribution is -2.25. The minimum Gasteiger partial charge on any atom is -0.495 e. The number of ether oxygens (including phenoxy) is 1. The van der Waals surface area contributed by atoms with Crippen LogP contribution in [0.1, 0.15) is 9.67 Å². The molecule has 0 radical (unpaired) electrons. The number of rotatable bonds is 3. The number of carbonyl (C=O) groups is 1. The minimum absolute atomic E-state index is 0.0911. The molecule has 94 valence electrons. The van der Waals surface area contributed by atoms with E-state index >= 15 is 0 Å². The average Bonchev–Trinajstić information content (AvgIpc) is 2.86. The van der Waals surface area contributed by atoms with Gasteiger partial charge in [-0.05, 0) is 35.7 Å². The van der Waals surface area contributed by atoms with Crippen molar-refractivity contribution in [1.29, 1.82) is 0 Å². The first-order chi connectivity index (χ1) is 8.63. The quantitative estimate of drug-likeness (QED) is 0.865. The number of nitrogens with zero attached hydrogens (tertiary/aromatic N) is 1. The highest BCUT2D eigenvalue weighted by Crippen LogP contribution is 2.27. The number of benzene rings is 1. The Balaban J connectivity index is 2.26. The molecule has 2 rings (SSSR count). The number of methoxy groups -OCH3 is 1. The molecule has 2 N–H and O–H groups in total. The first-order valence-electron chi connectivity index (χ1n) is 5.38. The summed E-state index contributed by atoms with van der Waals surface area (Å²) in [6.07, 6.45) is 0. The summed E-state index contributed by atoms with van der Waals surface area (Å²) in [5, 5.41) is 1.84. The van der Waals surface area contributed by atoms with Crippen molar-refractivity contribution in [1.82, 2.24) is 0 Å². The van der Waals surface area contributed by atoms with Crippen molar-refractivity contribution in [2.45, 2.75) is 0 Å². The van der Waals surface area contributed by atoms with Crippen LogP contribution < -0.4 is 15.4 Å². The molecule has 0 saturated heterocycles. The van der Waals surface area contributed by atoms with Crippen LogP contribution in [0.3, 0.4) is 0 Å². The third kappa shape index (κ3) is 2.31. The van der Waals surface area contributed by atoms with E-state index in [1.807, 2.05) is 17.5 Å². The Labute approximate surface area is 110 Å². The molecular weight excluding hydrogens is 248 g/mol. The van der Waals surface area contributed by atoms with Crippen LogP contribution in [-0.4, -0.2) is 20.1 Å². The van der Waals surface area contributed by atoms with Crippen molar-refractivity contribution in [3.8, 4) is 5.75 Å². The van der Waals surface area contributed by atoms with Crippen molar-refractivity contribution in [3.63, 3.8) is 0 Å². The van der Waals surface area contributed by atoms with Crippen molar-refractivity contribution in [2.24, 2.45) is 0 Å². The maximum atomic E-state index is 12.3. The molecule has 0 fully saturated rings. The Morgan fingerprint density at radius 3 is 2.56 bits per heavy atom. The van der Waals surface area contributed by atoms with E-state index in [0.717, 1.165) is 5.69 Å². The van der Waals surface area contributed by atoms with Gasteiger partial charge in [0.15, 0.2) is 0 Å². The van der Waals surface area contributed by atoms with Gasteiger partial charge in [0.2, 0.25) is 0 Å². The Hall–Kier alpha value is -2.01. The fourth-order valence-electron chi connectivity index (χ4n) is 1.58. The highest BCUT2D eigenvalue weighted by molar-refractivity contribution is 7.12. The SMILES string of the molecule is COc1ccsc1C(=O)N(C)c1ccc(N)cc1. The summed E-state index contributed by atoms with van der Waals surface area (Å²) < 4.78 is 5.15. The van der Waals surface area contributed by atoms with Gasteiger partial charge in [0.25, 0.3) is 5.91 Å². The smallest absolute Gasteiger partial charge is 0.271 e. The zero-order valence-electron chi connectivity index (χ0n) is 10.2.